The van der Waals surface area contributed by atoms with Crippen molar-refractivity contribution < 1.29 is 23.7 Å². The first kappa shape index (κ1) is 19.3. The van der Waals surface area contributed by atoms with Gasteiger partial charge in [0.05, 0.1) is 27.8 Å². The van der Waals surface area contributed by atoms with Crippen LogP contribution >= 0.6 is 0 Å². The van der Waals surface area contributed by atoms with Gasteiger partial charge in [-0.1, -0.05) is 42.5 Å². The topological polar surface area (TPSA) is 54.0 Å². The zero-order chi connectivity index (χ0) is 19.9. The third kappa shape index (κ3) is 4.43. The van der Waals surface area contributed by atoms with Crippen molar-refractivity contribution in [1.82, 2.24) is 0 Å². The molecule has 0 saturated heterocycles. The zero-order valence-corrected chi connectivity index (χ0v) is 16.1. The van der Waals surface area contributed by atoms with Gasteiger partial charge in [-0.05, 0) is 41.0 Å². The number of hydrogen-bond acceptors (Lipinski definition) is 5. The molecule has 0 bridgehead atoms. The molecule has 0 heterocycles. The number of carbonyl (C=O) groups excluding carboxylic acids is 1. The van der Waals surface area contributed by atoms with Crippen LogP contribution in [-0.2, 0) is 11.2 Å². The predicted molar refractivity (Wildman–Crippen MR) is 107 cm³/mol. The lowest BCUT2D eigenvalue weighted by molar-refractivity contribution is -0.133. The first-order valence-electron chi connectivity index (χ1n) is 8.79. The molecule has 0 amide bonds. The van der Waals surface area contributed by atoms with E-state index in [-0.39, 0.29) is 12.4 Å². The van der Waals surface area contributed by atoms with Crippen LogP contribution in [0.5, 0.6) is 23.0 Å². The number of methoxy groups -OCH3 is 3. The second-order valence-corrected chi connectivity index (χ2v) is 6.07. The van der Waals surface area contributed by atoms with E-state index in [1.807, 2.05) is 42.5 Å². The molecule has 0 N–H and O–H groups in total. The third-order valence-electron chi connectivity index (χ3n) is 4.27. The highest BCUT2D eigenvalue weighted by molar-refractivity contribution is 5.76. The Morgan fingerprint density at radius 3 is 1.86 bits per heavy atom. The van der Waals surface area contributed by atoms with Gasteiger partial charge < -0.3 is 18.9 Å². The van der Waals surface area contributed by atoms with E-state index < -0.39 is 0 Å². The Kier molecular flexibility index (Phi) is 6.17. The average Bonchev–Trinajstić information content (AvgIpc) is 2.74. The van der Waals surface area contributed by atoms with Crippen molar-refractivity contribution in [1.29, 1.82) is 0 Å². The van der Waals surface area contributed by atoms with Gasteiger partial charge in [0, 0.05) is 0 Å². The summed E-state index contributed by atoms with van der Waals surface area (Å²) in [6.45, 7) is 0. The number of ether oxygens (including phenoxy) is 4. The van der Waals surface area contributed by atoms with Gasteiger partial charge >= 0.3 is 5.97 Å². The van der Waals surface area contributed by atoms with Gasteiger partial charge in [0.15, 0.2) is 11.5 Å². The Bertz CT molecular complexity index is 908. The standard InChI is InChI=1S/C23H22O5/c1-25-20-13-16(14-21(26-2)23(20)27-3)15-22(24)28-19-11-9-18(10-12-19)17-7-5-4-6-8-17/h4-14H,15H2,1-3H3. The molecule has 0 aromatic heterocycles. The van der Waals surface area contributed by atoms with Crippen LogP contribution in [-0.4, -0.2) is 27.3 Å². The maximum absolute atomic E-state index is 12.4. The van der Waals surface area contributed by atoms with Gasteiger partial charge in [0.1, 0.15) is 5.75 Å². The summed E-state index contributed by atoms with van der Waals surface area (Å²) in [5.41, 5.74) is 2.88. The van der Waals surface area contributed by atoms with E-state index in [9.17, 15) is 4.79 Å². The van der Waals surface area contributed by atoms with Crippen LogP contribution < -0.4 is 18.9 Å². The van der Waals surface area contributed by atoms with Gasteiger partial charge in [-0.2, -0.15) is 0 Å². The van der Waals surface area contributed by atoms with Crippen molar-refractivity contribution in [3.63, 3.8) is 0 Å². The Morgan fingerprint density at radius 2 is 1.32 bits per heavy atom. The molecule has 3 aromatic carbocycles. The smallest absolute Gasteiger partial charge is 0.315 e. The van der Waals surface area contributed by atoms with E-state index in [4.69, 9.17) is 18.9 Å². The molecule has 0 radical (unpaired) electrons. The Hall–Kier alpha value is -3.47. The summed E-state index contributed by atoms with van der Waals surface area (Å²) < 4.78 is 21.4. The maximum Gasteiger partial charge on any atom is 0.315 e. The molecular weight excluding hydrogens is 356 g/mol. The van der Waals surface area contributed by atoms with Crippen LogP contribution in [0.4, 0.5) is 0 Å². The van der Waals surface area contributed by atoms with Crippen LogP contribution in [0.15, 0.2) is 66.7 Å². The molecule has 28 heavy (non-hydrogen) atoms. The van der Waals surface area contributed by atoms with E-state index in [2.05, 4.69) is 0 Å². The Balaban J connectivity index is 1.70. The molecule has 144 valence electrons. The van der Waals surface area contributed by atoms with Crippen LogP contribution in [0.3, 0.4) is 0 Å². The lowest BCUT2D eigenvalue weighted by Gasteiger charge is -2.14. The number of rotatable bonds is 7. The van der Waals surface area contributed by atoms with Crippen molar-refractivity contribution in [2.24, 2.45) is 0 Å². The van der Waals surface area contributed by atoms with Gasteiger partial charge in [-0.25, -0.2) is 0 Å². The molecule has 5 nitrogen and oxygen atoms in total. The van der Waals surface area contributed by atoms with Crippen molar-refractivity contribution in [2.75, 3.05) is 21.3 Å². The lowest BCUT2D eigenvalue weighted by Crippen LogP contribution is -2.11. The molecule has 0 aliphatic heterocycles. The molecule has 0 atom stereocenters. The number of esters is 1. The number of hydrogen-bond donors (Lipinski definition) is 0. The lowest BCUT2D eigenvalue weighted by atomic mass is 10.1. The van der Waals surface area contributed by atoms with E-state index in [1.165, 1.54) is 21.3 Å². The first-order valence-corrected chi connectivity index (χ1v) is 8.79. The van der Waals surface area contributed by atoms with Crippen molar-refractivity contribution in [2.45, 2.75) is 6.42 Å². The highest BCUT2D eigenvalue weighted by Crippen LogP contribution is 2.38. The van der Waals surface area contributed by atoms with Crippen LogP contribution in [0, 0.1) is 0 Å². The molecular formula is C23H22O5. The minimum atomic E-state index is -0.373. The van der Waals surface area contributed by atoms with Crippen molar-refractivity contribution >= 4 is 5.97 Å². The SMILES string of the molecule is COc1cc(CC(=O)Oc2ccc(-c3ccccc3)cc2)cc(OC)c1OC. The second-order valence-electron chi connectivity index (χ2n) is 6.07. The molecule has 0 spiro atoms. The normalized spacial score (nSPS) is 10.2. The summed E-state index contributed by atoms with van der Waals surface area (Å²) in [7, 11) is 4.61. The largest absolute Gasteiger partial charge is 0.493 e. The molecule has 0 unspecified atom stereocenters. The third-order valence-corrected chi connectivity index (χ3v) is 4.27. The van der Waals surface area contributed by atoms with Crippen LogP contribution in [0.25, 0.3) is 11.1 Å². The Labute approximate surface area is 164 Å². The fourth-order valence-electron chi connectivity index (χ4n) is 2.92. The summed E-state index contributed by atoms with van der Waals surface area (Å²) >= 11 is 0. The molecule has 5 heteroatoms. The first-order chi connectivity index (χ1) is 13.6. The van der Waals surface area contributed by atoms with Gasteiger partial charge in [-0.15, -0.1) is 0 Å². The van der Waals surface area contributed by atoms with E-state index in [0.717, 1.165) is 11.1 Å². The van der Waals surface area contributed by atoms with Gasteiger partial charge in [0.2, 0.25) is 5.75 Å². The van der Waals surface area contributed by atoms with Crippen LogP contribution in [0.2, 0.25) is 0 Å². The zero-order valence-electron chi connectivity index (χ0n) is 16.1. The van der Waals surface area contributed by atoms with Crippen molar-refractivity contribution in [3.05, 3.63) is 72.3 Å². The summed E-state index contributed by atoms with van der Waals surface area (Å²) in [5.74, 6) is 1.60. The number of benzene rings is 3. The summed E-state index contributed by atoms with van der Waals surface area (Å²) in [6.07, 6.45) is 0.0805. The van der Waals surface area contributed by atoms with Gasteiger partial charge in [0.25, 0.3) is 0 Å². The highest BCUT2D eigenvalue weighted by atomic mass is 16.5. The minimum absolute atomic E-state index is 0.0805. The summed E-state index contributed by atoms with van der Waals surface area (Å²) in [4.78, 5) is 12.4. The maximum atomic E-state index is 12.4. The predicted octanol–water partition coefficient (Wildman–Crippen LogP) is 4.53. The fourth-order valence-corrected chi connectivity index (χ4v) is 2.92. The minimum Gasteiger partial charge on any atom is -0.493 e. The molecule has 3 aromatic rings. The molecule has 0 aliphatic carbocycles. The quantitative estimate of drug-likeness (QED) is 0.447. The molecule has 0 fully saturated rings. The molecule has 0 aliphatic rings. The summed E-state index contributed by atoms with van der Waals surface area (Å²) in [6, 6.07) is 20.9. The monoisotopic (exact) mass is 378 g/mol. The summed E-state index contributed by atoms with van der Waals surface area (Å²) in [5, 5.41) is 0. The van der Waals surface area contributed by atoms with E-state index >= 15 is 0 Å². The van der Waals surface area contributed by atoms with E-state index in [0.29, 0.717) is 28.6 Å². The van der Waals surface area contributed by atoms with Crippen molar-refractivity contribution in [3.8, 4) is 34.1 Å². The van der Waals surface area contributed by atoms with E-state index in [1.54, 1.807) is 24.3 Å². The average molecular weight is 378 g/mol. The fraction of sp³-hybridized carbons (Fsp3) is 0.174. The highest BCUT2D eigenvalue weighted by Gasteiger charge is 2.15. The number of carbonyl (C=O) groups is 1. The van der Waals surface area contributed by atoms with Crippen LogP contribution in [0.1, 0.15) is 5.56 Å². The Morgan fingerprint density at radius 1 is 0.750 bits per heavy atom. The molecule has 0 saturated carbocycles. The van der Waals surface area contributed by atoms with Gasteiger partial charge in [-0.3, -0.25) is 4.79 Å². The molecule has 3 rings (SSSR count). The second kappa shape index (κ2) is 8.95.